The van der Waals surface area contributed by atoms with E-state index in [0.29, 0.717) is 6.04 Å². The van der Waals surface area contributed by atoms with E-state index in [9.17, 15) is 0 Å². The van der Waals surface area contributed by atoms with Crippen molar-refractivity contribution in [1.29, 1.82) is 0 Å². The van der Waals surface area contributed by atoms with Gasteiger partial charge in [-0.3, -0.25) is 10.2 Å². The van der Waals surface area contributed by atoms with Gasteiger partial charge in [-0.15, -0.1) is 11.3 Å². The second-order valence-corrected chi connectivity index (χ2v) is 7.87. The number of hydrogen-bond acceptors (Lipinski definition) is 5. The quantitative estimate of drug-likeness (QED) is 0.885. The topological polar surface area (TPSA) is 27.3 Å². The molecule has 6 heteroatoms. The second-order valence-electron chi connectivity index (χ2n) is 5.32. The molecule has 1 fully saturated rings. The van der Waals surface area contributed by atoms with Crippen LogP contribution in [0.2, 0.25) is 5.02 Å². The lowest BCUT2D eigenvalue weighted by molar-refractivity contribution is 0.296. The van der Waals surface area contributed by atoms with Gasteiger partial charge in [0.15, 0.2) is 0 Å². The molecule has 2 aliphatic heterocycles. The number of likely N-dealkylation sites (tertiary alicyclic amines) is 1. The number of hydrogen-bond donors (Lipinski definition) is 2. The fourth-order valence-corrected chi connectivity index (χ4v) is 5.04. The molecule has 20 heavy (non-hydrogen) atoms. The van der Waals surface area contributed by atoms with Gasteiger partial charge >= 0.3 is 0 Å². The lowest BCUT2D eigenvalue weighted by Crippen LogP contribution is -2.32. The van der Waals surface area contributed by atoms with Gasteiger partial charge in [0.25, 0.3) is 0 Å². The molecule has 0 aliphatic carbocycles. The fraction of sp³-hybridized carbons (Fsp3) is 0.571. The smallest absolute Gasteiger partial charge is 0.129 e. The number of thioether (sulfide) groups is 1. The van der Waals surface area contributed by atoms with Gasteiger partial charge in [-0.05, 0) is 39.4 Å². The van der Waals surface area contributed by atoms with Gasteiger partial charge in [-0.25, -0.2) is 0 Å². The standard InChI is InChI=1S/C14H20ClN3S2/c1-9-4-3-5-18(9)7-12-13(17-14(16-2)20-12)11-6-10(15)8-19-11/h6,8-9,14,16-17H,3-5,7H2,1-2H3. The zero-order valence-corrected chi connectivity index (χ0v) is 14.2. The zero-order valence-electron chi connectivity index (χ0n) is 11.8. The summed E-state index contributed by atoms with van der Waals surface area (Å²) in [6.45, 7) is 4.59. The molecule has 0 saturated carbocycles. The lowest BCUT2D eigenvalue weighted by atomic mass is 10.2. The first-order valence-corrected chi connectivity index (χ1v) is 9.13. The van der Waals surface area contributed by atoms with Gasteiger partial charge in [-0.1, -0.05) is 23.4 Å². The summed E-state index contributed by atoms with van der Waals surface area (Å²) in [7, 11) is 1.99. The largest absolute Gasteiger partial charge is 0.359 e. The highest BCUT2D eigenvalue weighted by Crippen LogP contribution is 2.38. The number of nitrogens with zero attached hydrogens (tertiary/aromatic N) is 1. The molecular weight excluding hydrogens is 310 g/mol. The third kappa shape index (κ3) is 3.02. The van der Waals surface area contributed by atoms with Gasteiger partial charge in [0, 0.05) is 22.9 Å². The SMILES string of the molecule is CNC1NC(c2cc(Cl)cs2)=C(CN2CCCC2C)S1. The Kier molecular flexibility index (Phi) is 4.62. The number of rotatable bonds is 4. The van der Waals surface area contributed by atoms with Crippen molar-refractivity contribution in [3.8, 4) is 0 Å². The Balaban J connectivity index is 1.82. The van der Waals surface area contributed by atoms with Crippen LogP contribution in [-0.2, 0) is 0 Å². The Morgan fingerprint density at radius 2 is 2.40 bits per heavy atom. The van der Waals surface area contributed by atoms with Crippen LogP contribution < -0.4 is 10.6 Å². The Labute approximate surface area is 133 Å². The van der Waals surface area contributed by atoms with Gasteiger partial charge in [-0.2, -0.15) is 0 Å². The van der Waals surface area contributed by atoms with Crippen LogP contribution in [0.4, 0.5) is 0 Å². The fourth-order valence-electron chi connectivity index (χ4n) is 2.75. The molecule has 3 nitrogen and oxygen atoms in total. The molecule has 3 rings (SSSR count). The molecule has 1 aromatic heterocycles. The molecule has 1 saturated heterocycles. The average molecular weight is 330 g/mol. The van der Waals surface area contributed by atoms with Crippen molar-refractivity contribution in [2.75, 3.05) is 20.1 Å². The maximum atomic E-state index is 6.08. The van der Waals surface area contributed by atoms with E-state index >= 15 is 0 Å². The molecule has 3 heterocycles. The summed E-state index contributed by atoms with van der Waals surface area (Å²) in [5.74, 6) is 0. The van der Waals surface area contributed by atoms with Crippen LogP contribution in [0.25, 0.3) is 5.70 Å². The molecule has 0 spiro atoms. The molecule has 0 bridgehead atoms. The van der Waals surface area contributed by atoms with Crippen LogP contribution in [0.15, 0.2) is 16.4 Å². The molecule has 0 aromatic carbocycles. The first-order valence-electron chi connectivity index (χ1n) is 6.99. The minimum Gasteiger partial charge on any atom is -0.359 e. The highest BCUT2D eigenvalue weighted by molar-refractivity contribution is 8.04. The van der Waals surface area contributed by atoms with Gasteiger partial charge in [0.05, 0.1) is 15.6 Å². The van der Waals surface area contributed by atoms with Gasteiger partial charge < -0.3 is 5.32 Å². The van der Waals surface area contributed by atoms with E-state index in [1.165, 1.54) is 34.9 Å². The number of thiophene rings is 1. The highest BCUT2D eigenvalue weighted by Gasteiger charge is 2.29. The van der Waals surface area contributed by atoms with Crippen molar-refractivity contribution in [3.05, 3.63) is 26.3 Å². The molecule has 2 unspecified atom stereocenters. The van der Waals surface area contributed by atoms with E-state index in [4.69, 9.17) is 11.6 Å². The maximum absolute atomic E-state index is 6.08. The molecule has 0 amide bonds. The molecule has 0 radical (unpaired) electrons. The van der Waals surface area contributed by atoms with Crippen LogP contribution in [0.1, 0.15) is 24.6 Å². The van der Waals surface area contributed by atoms with Crippen molar-refractivity contribution < 1.29 is 0 Å². The lowest BCUT2D eigenvalue weighted by Gasteiger charge is -2.21. The van der Waals surface area contributed by atoms with E-state index in [2.05, 4.69) is 28.5 Å². The summed E-state index contributed by atoms with van der Waals surface area (Å²) in [5, 5.41) is 9.69. The summed E-state index contributed by atoms with van der Waals surface area (Å²) in [4.78, 5) is 5.25. The van der Waals surface area contributed by atoms with Crippen molar-refractivity contribution >= 4 is 40.4 Å². The summed E-state index contributed by atoms with van der Waals surface area (Å²) < 4.78 is 0. The van der Waals surface area contributed by atoms with Gasteiger partial charge in [0.2, 0.25) is 0 Å². The molecule has 110 valence electrons. The molecule has 2 aliphatic rings. The van der Waals surface area contributed by atoms with E-state index in [1.54, 1.807) is 11.3 Å². The summed E-state index contributed by atoms with van der Waals surface area (Å²) in [5.41, 5.74) is 1.52. The highest BCUT2D eigenvalue weighted by atomic mass is 35.5. The predicted octanol–water partition coefficient (Wildman–Crippen LogP) is 3.39. The number of halogens is 1. The van der Waals surface area contributed by atoms with Crippen molar-refractivity contribution in [2.45, 2.75) is 31.3 Å². The Bertz CT molecular complexity index is 514. The summed E-state index contributed by atoms with van der Waals surface area (Å²) in [6, 6.07) is 2.76. The van der Waals surface area contributed by atoms with Crippen molar-refractivity contribution in [1.82, 2.24) is 15.5 Å². The first kappa shape index (κ1) is 14.7. The van der Waals surface area contributed by atoms with Crippen molar-refractivity contribution in [2.24, 2.45) is 0 Å². The summed E-state index contributed by atoms with van der Waals surface area (Å²) in [6.07, 6.45) is 2.64. The Morgan fingerprint density at radius 1 is 1.55 bits per heavy atom. The predicted molar refractivity (Wildman–Crippen MR) is 90.1 cm³/mol. The molecule has 1 aromatic rings. The van der Waals surface area contributed by atoms with Gasteiger partial charge in [0.1, 0.15) is 5.50 Å². The minimum atomic E-state index is 0.263. The van der Waals surface area contributed by atoms with Crippen LogP contribution in [-0.4, -0.2) is 36.6 Å². The van der Waals surface area contributed by atoms with E-state index in [-0.39, 0.29) is 5.50 Å². The molecule has 2 N–H and O–H groups in total. The van der Waals surface area contributed by atoms with E-state index in [0.717, 1.165) is 11.6 Å². The van der Waals surface area contributed by atoms with E-state index < -0.39 is 0 Å². The van der Waals surface area contributed by atoms with Crippen LogP contribution in [0.5, 0.6) is 0 Å². The normalized spacial score (nSPS) is 27.4. The van der Waals surface area contributed by atoms with Crippen molar-refractivity contribution in [3.63, 3.8) is 0 Å². The Morgan fingerprint density at radius 3 is 3.00 bits per heavy atom. The minimum absolute atomic E-state index is 0.263. The summed E-state index contributed by atoms with van der Waals surface area (Å²) >= 11 is 9.68. The first-order chi connectivity index (χ1) is 9.67. The van der Waals surface area contributed by atoms with Crippen LogP contribution in [0, 0.1) is 0 Å². The van der Waals surface area contributed by atoms with E-state index in [1.807, 2.05) is 24.2 Å². The van der Waals surface area contributed by atoms with Crippen LogP contribution in [0.3, 0.4) is 0 Å². The molecule has 2 atom stereocenters. The molecular formula is C14H20ClN3S2. The second kappa shape index (κ2) is 6.28. The zero-order chi connectivity index (χ0) is 14.1. The Hall–Kier alpha value is -0.200. The third-order valence-electron chi connectivity index (χ3n) is 3.93. The monoisotopic (exact) mass is 329 g/mol. The van der Waals surface area contributed by atoms with Crippen LogP contribution >= 0.6 is 34.7 Å². The maximum Gasteiger partial charge on any atom is 0.129 e. The number of nitrogens with one attached hydrogen (secondary N) is 2. The average Bonchev–Trinajstić information content (AvgIpc) is 3.12. The third-order valence-corrected chi connectivity index (χ3v) is 6.43.